The maximum Gasteiger partial charge on any atom is 0.317 e. The Balaban J connectivity index is 1.32. The van der Waals surface area contributed by atoms with E-state index in [1.54, 1.807) is 0 Å². The lowest BCUT2D eigenvalue weighted by molar-refractivity contribution is -0.0617. The van der Waals surface area contributed by atoms with E-state index in [0.717, 1.165) is 63.8 Å². The second kappa shape index (κ2) is 7.00. The number of nitrogens with zero attached hydrogens (tertiary/aromatic N) is 2. The second-order valence-corrected chi connectivity index (χ2v) is 7.86. The lowest BCUT2D eigenvalue weighted by Crippen LogP contribution is -2.62. The van der Waals surface area contributed by atoms with Crippen molar-refractivity contribution in [2.45, 2.75) is 38.6 Å². The van der Waals surface area contributed by atoms with Crippen LogP contribution in [0, 0.1) is 12.3 Å². The summed E-state index contributed by atoms with van der Waals surface area (Å²) in [5.41, 5.74) is 0.321. The maximum absolute atomic E-state index is 12.5. The molecule has 0 aromatic carbocycles. The minimum absolute atomic E-state index is 0.0598. The van der Waals surface area contributed by atoms with Crippen molar-refractivity contribution >= 4 is 6.03 Å². The summed E-state index contributed by atoms with van der Waals surface area (Å²) in [5, 5.41) is 3.15. The van der Waals surface area contributed by atoms with Crippen molar-refractivity contribution in [3.05, 3.63) is 23.7 Å². The quantitative estimate of drug-likeness (QED) is 0.909. The summed E-state index contributed by atoms with van der Waals surface area (Å²) in [6.07, 6.45) is 4.61. The lowest BCUT2D eigenvalue weighted by atomic mass is 9.73. The van der Waals surface area contributed by atoms with Gasteiger partial charge in [0.05, 0.1) is 6.04 Å². The zero-order chi connectivity index (χ0) is 17.3. The summed E-state index contributed by atoms with van der Waals surface area (Å²) in [5.74, 6) is 1.89. The van der Waals surface area contributed by atoms with Crippen LogP contribution >= 0.6 is 0 Å². The summed E-state index contributed by atoms with van der Waals surface area (Å²) in [4.78, 5) is 16.9. The minimum Gasteiger partial charge on any atom is -0.465 e. The molecular weight excluding hydrogens is 318 g/mol. The molecule has 4 heterocycles. The molecule has 1 spiro atoms. The number of likely N-dealkylation sites (tertiary alicyclic amines) is 2. The molecule has 3 saturated heterocycles. The molecular formula is C19H29N3O3. The number of carbonyl (C=O) groups excluding carboxylic acids is 1. The van der Waals surface area contributed by atoms with Crippen LogP contribution in [0.25, 0.3) is 0 Å². The fourth-order valence-electron chi connectivity index (χ4n) is 4.42. The number of rotatable bonds is 4. The van der Waals surface area contributed by atoms with Crippen LogP contribution in [0.1, 0.15) is 43.2 Å². The predicted octanol–water partition coefficient (Wildman–Crippen LogP) is 2.55. The molecule has 3 fully saturated rings. The summed E-state index contributed by atoms with van der Waals surface area (Å²) in [7, 11) is 0. The molecule has 1 N–H and O–H groups in total. The van der Waals surface area contributed by atoms with Gasteiger partial charge in [0.2, 0.25) is 0 Å². The van der Waals surface area contributed by atoms with Gasteiger partial charge in [-0.3, -0.25) is 4.90 Å². The molecule has 4 rings (SSSR count). The number of ether oxygens (including phenoxy) is 1. The molecule has 6 nitrogen and oxygen atoms in total. The highest BCUT2D eigenvalue weighted by Gasteiger charge is 2.45. The third-order valence-electron chi connectivity index (χ3n) is 6.01. The fraction of sp³-hybridized carbons (Fsp3) is 0.737. The van der Waals surface area contributed by atoms with Gasteiger partial charge in [-0.2, -0.15) is 0 Å². The Bertz CT molecular complexity index is 595. The average Bonchev–Trinajstić information content (AvgIpc) is 3.26. The van der Waals surface area contributed by atoms with Crippen molar-refractivity contribution in [2.24, 2.45) is 5.41 Å². The SMILES string of the molecule is Cc1ccc(C(CNC(=O)N2CC3(CCOCC3)C2)N2CCCC2)o1. The number of urea groups is 1. The summed E-state index contributed by atoms with van der Waals surface area (Å²) in [6, 6.07) is 4.25. The first kappa shape index (κ1) is 16.9. The molecule has 1 atom stereocenters. The van der Waals surface area contributed by atoms with Crippen LogP contribution in [0.3, 0.4) is 0 Å². The molecule has 2 amide bonds. The second-order valence-electron chi connectivity index (χ2n) is 7.86. The first-order valence-electron chi connectivity index (χ1n) is 9.56. The number of amides is 2. The molecule has 1 aromatic rings. The zero-order valence-electron chi connectivity index (χ0n) is 15.1. The van der Waals surface area contributed by atoms with Gasteiger partial charge in [-0.1, -0.05) is 0 Å². The Morgan fingerprint density at radius 3 is 2.60 bits per heavy atom. The van der Waals surface area contributed by atoms with Gasteiger partial charge < -0.3 is 19.4 Å². The van der Waals surface area contributed by atoms with E-state index in [9.17, 15) is 4.79 Å². The summed E-state index contributed by atoms with van der Waals surface area (Å²) >= 11 is 0. The number of furan rings is 1. The van der Waals surface area contributed by atoms with Crippen LogP contribution in [-0.4, -0.2) is 61.8 Å². The van der Waals surface area contributed by atoms with Gasteiger partial charge in [-0.05, 0) is 57.8 Å². The molecule has 6 heteroatoms. The van der Waals surface area contributed by atoms with Gasteiger partial charge in [0, 0.05) is 38.3 Å². The largest absolute Gasteiger partial charge is 0.465 e. The van der Waals surface area contributed by atoms with Crippen molar-refractivity contribution < 1.29 is 13.9 Å². The summed E-state index contributed by atoms with van der Waals surface area (Å²) < 4.78 is 11.3. The monoisotopic (exact) mass is 347 g/mol. The molecule has 1 unspecified atom stereocenters. The van der Waals surface area contributed by atoms with Gasteiger partial charge in [-0.25, -0.2) is 4.79 Å². The van der Waals surface area contributed by atoms with Crippen molar-refractivity contribution in [3.63, 3.8) is 0 Å². The Labute approximate surface area is 149 Å². The molecule has 3 aliphatic heterocycles. The fourth-order valence-corrected chi connectivity index (χ4v) is 4.42. The molecule has 0 saturated carbocycles. The molecule has 0 bridgehead atoms. The van der Waals surface area contributed by atoms with Crippen LogP contribution < -0.4 is 5.32 Å². The number of aryl methyl sites for hydroxylation is 1. The first-order chi connectivity index (χ1) is 12.2. The summed E-state index contributed by atoms with van der Waals surface area (Å²) in [6.45, 7) is 8.15. The highest BCUT2D eigenvalue weighted by molar-refractivity contribution is 5.75. The van der Waals surface area contributed by atoms with Crippen LogP contribution in [0.2, 0.25) is 0 Å². The van der Waals surface area contributed by atoms with Crippen molar-refractivity contribution in [1.29, 1.82) is 0 Å². The van der Waals surface area contributed by atoms with Gasteiger partial charge >= 0.3 is 6.03 Å². The van der Waals surface area contributed by atoms with Crippen molar-refractivity contribution in [2.75, 3.05) is 45.9 Å². The van der Waals surface area contributed by atoms with E-state index in [-0.39, 0.29) is 12.1 Å². The van der Waals surface area contributed by atoms with Crippen LogP contribution in [-0.2, 0) is 4.74 Å². The Hall–Kier alpha value is -1.53. The smallest absolute Gasteiger partial charge is 0.317 e. The highest BCUT2D eigenvalue weighted by Crippen LogP contribution is 2.39. The van der Waals surface area contributed by atoms with Crippen LogP contribution in [0.5, 0.6) is 0 Å². The van der Waals surface area contributed by atoms with Crippen LogP contribution in [0.15, 0.2) is 16.5 Å². The number of hydrogen-bond acceptors (Lipinski definition) is 4. The third-order valence-corrected chi connectivity index (χ3v) is 6.01. The number of carbonyl (C=O) groups is 1. The van der Waals surface area contributed by atoms with Crippen molar-refractivity contribution in [3.8, 4) is 0 Å². The number of hydrogen-bond donors (Lipinski definition) is 1. The van der Waals surface area contributed by atoms with Gasteiger partial charge in [-0.15, -0.1) is 0 Å². The van der Waals surface area contributed by atoms with E-state index in [1.165, 1.54) is 12.8 Å². The van der Waals surface area contributed by atoms with E-state index in [2.05, 4.69) is 10.2 Å². The zero-order valence-corrected chi connectivity index (χ0v) is 15.1. The topological polar surface area (TPSA) is 58.0 Å². The van der Waals surface area contributed by atoms with Gasteiger partial charge in [0.15, 0.2) is 0 Å². The standard InChI is InChI=1S/C19H29N3O3/c1-15-4-5-17(25-15)16(21-8-2-3-9-21)12-20-18(23)22-13-19(14-22)6-10-24-11-7-19/h4-5,16H,2-3,6-14H2,1H3,(H,20,23). The Kier molecular flexibility index (Phi) is 4.73. The highest BCUT2D eigenvalue weighted by atomic mass is 16.5. The predicted molar refractivity (Wildman–Crippen MR) is 94.5 cm³/mol. The van der Waals surface area contributed by atoms with Gasteiger partial charge in [0.1, 0.15) is 11.5 Å². The number of nitrogens with one attached hydrogen (secondary N) is 1. The molecule has 138 valence electrons. The normalized spacial score (nSPS) is 24.3. The van der Waals surface area contributed by atoms with Crippen LogP contribution in [0.4, 0.5) is 4.79 Å². The van der Waals surface area contributed by atoms with E-state index in [4.69, 9.17) is 9.15 Å². The molecule has 0 aliphatic carbocycles. The minimum atomic E-state index is 0.0598. The average molecular weight is 347 g/mol. The van der Waals surface area contributed by atoms with E-state index in [1.807, 2.05) is 24.0 Å². The van der Waals surface area contributed by atoms with E-state index < -0.39 is 0 Å². The molecule has 0 radical (unpaired) electrons. The third kappa shape index (κ3) is 3.55. The maximum atomic E-state index is 12.5. The molecule has 3 aliphatic rings. The Morgan fingerprint density at radius 2 is 1.96 bits per heavy atom. The van der Waals surface area contributed by atoms with E-state index in [0.29, 0.717) is 12.0 Å². The van der Waals surface area contributed by atoms with Crippen molar-refractivity contribution in [1.82, 2.24) is 15.1 Å². The molecule has 1 aromatic heterocycles. The van der Waals surface area contributed by atoms with E-state index >= 15 is 0 Å². The Morgan fingerprint density at radius 1 is 1.24 bits per heavy atom. The van der Waals surface area contributed by atoms with Gasteiger partial charge in [0.25, 0.3) is 0 Å². The first-order valence-corrected chi connectivity index (χ1v) is 9.56. The lowest BCUT2D eigenvalue weighted by Gasteiger charge is -2.52. The molecule has 25 heavy (non-hydrogen) atoms.